The number of alkyl halides is 4. The van der Waals surface area contributed by atoms with Gasteiger partial charge in [-0.05, 0) is 12.5 Å². The van der Waals surface area contributed by atoms with Crippen molar-refractivity contribution in [1.82, 2.24) is 14.7 Å². The third-order valence-electron chi connectivity index (χ3n) is 8.81. The average molecular weight is 701 g/mol. The van der Waals surface area contributed by atoms with Crippen LogP contribution in [0.5, 0.6) is 11.5 Å². The van der Waals surface area contributed by atoms with Gasteiger partial charge in [-0.2, -0.15) is 0 Å². The van der Waals surface area contributed by atoms with Crippen molar-refractivity contribution in [2.75, 3.05) is 65.3 Å². The van der Waals surface area contributed by atoms with Crippen LogP contribution in [0.2, 0.25) is 0 Å². The maximum atomic E-state index is 13.8. The van der Waals surface area contributed by atoms with Gasteiger partial charge in [0, 0.05) is 13.0 Å². The summed E-state index contributed by atoms with van der Waals surface area (Å²) in [5, 5.41) is 10.5. The normalized spacial score (nSPS) is 22.6. The molecule has 10 heteroatoms. The first kappa shape index (κ1) is 32.8. The molecule has 1 aromatic rings. The quantitative estimate of drug-likeness (QED) is 0.155. The molecule has 0 unspecified atom stereocenters. The van der Waals surface area contributed by atoms with Crippen LogP contribution < -0.4 is 27.9 Å². The molecule has 0 aromatic heterocycles. The number of ether oxygens (including phenoxy) is 2. The predicted molar refractivity (Wildman–Crippen MR) is 160 cm³/mol. The minimum absolute atomic E-state index is 0.0928. The van der Waals surface area contributed by atoms with E-state index in [2.05, 4.69) is 26.6 Å². The Morgan fingerprint density at radius 3 is 2.52 bits per heavy atom. The Morgan fingerprint density at radius 1 is 1.07 bits per heavy atom. The molecule has 3 heterocycles. The molecule has 3 atom stereocenters. The zero-order valence-corrected chi connectivity index (χ0v) is 28.1. The van der Waals surface area contributed by atoms with Crippen LogP contribution in [0.15, 0.2) is 18.2 Å². The van der Waals surface area contributed by atoms with E-state index in [9.17, 15) is 19.5 Å². The molecular formula is C32H51IN3O6-. The molecule has 0 bridgehead atoms. The average Bonchev–Trinajstić information content (AvgIpc) is 3.66. The van der Waals surface area contributed by atoms with Crippen molar-refractivity contribution in [2.24, 2.45) is 5.92 Å². The third-order valence-corrected chi connectivity index (χ3v) is 12.8. The molecule has 9 nitrogen and oxygen atoms in total. The fraction of sp³-hybridized carbons (Fsp3) is 0.719. The zero-order valence-electron chi connectivity index (χ0n) is 26.0. The fourth-order valence-electron chi connectivity index (χ4n) is 6.55. The molecule has 0 radical (unpaired) electrons. The molecule has 0 spiro atoms. The maximum absolute atomic E-state index is 13.8. The number of aliphatic carboxylic acids is 1. The van der Waals surface area contributed by atoms with Crippen molar-refractivity contribution in [1.29, 1.82) is 0 Å². The van der Waals surface area contributed by atoms with Crippen molar-refractivity contribution >= 4 is 17.8 Å². The number of benzene rings is 1. The smallest absolute Gasteiger partial charge is 0.343 e. The van der Waals surface area contributed by atoms with Gasteiger partial charge in [0.05, 0.1) is 0 Å². The Bertz CT molecular complexity index is 1090. The van der Waals surface area contributed by atoms with Gasteiger partial charge in [0.25, 0.3) is 0 Å². The summed E-state index contributed by atoms with van der Waals surface area (Å²) >= 11 is -1.53. The predicted octanol–water partition coefficient (Wildman–Crippen LogP) is 0.745. The first-order chi connectivity index (χ1) is 20.1. The number of carbonyl (C=O) groups excluding carboxylic acids is 2. The molecule has 0 aliphatic carbocycles. The van der Waals surface area contributed by atoms with Gasteiger partial charge >= 0.3 is 188 Å². The van der Waals surface area contributed by atoms with Crippen LogP contribution in [-0.2, 0) is 14.4 Å². The number of carboxylic acid groups (broad SMARTS) is 1. The second-order valence-corrected chi connectivity index (χ2v) is 24.9. The standard InChI is InChI=1S/C32H51IN3O6/c1-5-6-16-35(17-8-7-15-33(2,3)4)30(38)22-36-21-25(24-13-14-27-28(20-24)42-23-41-27)31(32(39)40)26(36)11-9-18-34-19-10-12-29(34)37/h13-14,20,25-26,31H,5-12,15-19,21-23H2,1-4H3,(H,39,40)/q-1/t25-,26+,31-/m1/s1. The van der Waals surface area contributed by atoms with E-state index in [1.54, 1.807) is 0 Å². The number of unbranched alkanes of at least 4 members (excludes halogenated alkanes) is 2. The molecule has 3 aliphatic rings. The Kier molecular flexibility index (Phi) is 11.8. The van der Waals surface area contributed by atoms with E-state index >= 15 is 0 Å². The van der Waals surface area contributed by atoms with Gasteiger partial charge in [-0.15, -0.1) is 0 Å². The monoisotopic (exact) mass is 700 g/mol. The SMILES string of the molecule is CCCCN(CCCC[I-](C)(C)C)C(=O)CN1C[C@H](c2ccc3c(c2)OCO3)[C@@H](C(=O)O)[C@@H]1CCCN1CCCC1=O. The van der Waals surface area contributed by atoms with Crippen LogP contribution in [-0.4, -0.2) is 109 Å². The van der Waals surface area contributed by atoms with Crippen LogP contribution in [0, 0.1) is 5.92 Å². The summed E-state index contributed by atoms with van der Waals surface area (Å²) in [5.41, 5.74) is 0.900. The molecule has 2 fully saturated rings. The summed E-state index contributed by atoms with van der Waals surface area (Å²) in [6.45, 7) is 5.94. The van der Waals surface area contributed by atoms with Gasteiger partial charge < -0.3 is 14.4 Å². The van der Waals surface area contributed by atoms with E-state index in [0.29, 0.717) is 37.4 Å². The fourth-order valence-corrected chi connectivity index (χ4v) is 9.38. The van der Waals surface area contributed by atoms with Gasteiger partial charge in [-0.3, -0.25) is 4.79 Å². The number of amides is 2. The Labute approximate surface area is 255 Å². The van der Waals surface area contributed by atoms with Crippen molar-refractivity contribution in [2.45, 2.75) is 70.3 Å². The molecule has 2 amide bonds. The van der Waals surface area contributed by atoms with Crippen LogP contribution in [0.4, 0.5) is 0 Å². The second-order valence-electron chi connectivity index (χ2n) is 12.8. The minimum atomic E-state index is -1.53. The van der Waals surface area contributed by atoms with Gasteiger partial charge in [0.1, 0.15) is 0 Å². The first-order valence-electron chi connectivity index (χ1n) is 15.5. The number of nitrogens with zero attached hydrogens (tertiary/aromatic N) is 3. The van der Waals surface area contributed by atoms with Crippen LogP contribution >= 0.6 is 0 Å². The summed E-state index contributed by atoms with van der Waals surface area (Å²) in [6, 6.07) is 5.40. The van der Waals surface area contributed by atoms with Gasteiger partial charge in [0.15, 0.2) is 11.5 Å². The Balaban J connectivity index is 1.50. The van der Waals surface area contributed by atoms with Gasteiger partial charge in [-0.25, -0.2) is 0 Å². The molecule has 238 valence electrons. The topological polar surface area (TPSA) is 99.6 Å². The van der Waals surface area contributed by atoms with Crippen LogP contribution in [0.3, 0.4) is 0 Å². The van der Waals surface area contributed by atoms with E-state index in [1.165, 1.54) is 4.43 Å². The molecule has 1 aromatic carbocycles. The number of hydrogen-bond donors (Lipinski definition) is 1. The number of halogens is 1. The molecule has 3 aliphatic heterocycles. The molecular weight excluding hydrogens is 649 g/mol. The number of rotatable bonds is 16. The summed E-state index contributed by atoms with van der Waals surface area (Å²) in [7, 11) is 0. The van der Waals surface area contributed by atoms with Crippen LogP contribution in [0.1, 0.15) is 69.8 Å². The van der Waals surface area contributed by atoms with Gasteiger partial charge in [0.2, 0.25) is 12.7 Å². The minimum Gasteiger partial charge on any atom is -0.343 e. The molecule has 0 saturated carbocycles. The first-order valence-corrected chi connectivity index (χ1v) is 23.5. The van der Waals surface area contributed by atoms with E-state index in [-0.39, 0.29) is 37.1 Å². The van der Waals surface area contributed by atoms with E-state index in [0.717, 1.165) is 63.7 Å². The summed E-state index contributed by atoms with van der Waals surface area (Å²) < 4.78 is 12.4. The zero-order chi connectivity index (χ0) is 30.3. The van der Waals surface area contributed by atoms with Crippen molar-refractivity contribution in [3.8, 4) is 11.5 Å². The van der Waals surface area contributed by atoms with E-state index in [4.69, 9.17) is 9.47 Å². The second kappa shape index (κ2) is 15.1. The summed E-state index contributed by atoms with van der Waals surface area (Å²) in [4.78, 5) is 52.1. The molecule has 4 rings (SSSR count). The van der Waals surface area contributed by atoms with Gasteiger partial charge in [-0.1, -0.05) is 0 Å². The number of hydrogen-bond acceptors (Lipinski definition) is 6. The Morgan fingerprint density at radius 2 is 1.83 bits per heavy atom. The summed E-state index contributed by atoms with van der Waals surface area (Å²) in [6.07, 6.45) is 6.99. The Hall–Kier alpha value is -2.08. The third kappa shape index (κ3) is 8.74. The molecule has 2 saturated heterocycles. The van der Waals surface area contributed by atoms with Crippen LogP contribution in [0.25, 0.3) is 0 Å². The van der Waals surface area contributed by atoms with Crippen molar-refractivity contribution in [3.05, 3.63) is 23.8 Å². The summed E-state index contributed by atoms with van der Waals surface area (Å²) in [5.74, 6) is -0.187. The number of likely N-dealkylation sites (tertiary alicyclic amines) is 2. The molecule has 42 heavy (non-hydrogen) atoms. The number of carboxylic acids is 1. The van der Waals surface area contributed by atoms with Crippen molar-refractivity contribution in [3.63, 3.8) is 0 Å². The van der Waals surface area contributed by atoms with Crippen molar-refractivity contribution < 1.29 is 47.4 Å². The van der Waals surface area contributed by atoms with E-state index < -0.39 is 30.3 Å². The number of carbonyl (C=O) groups is 3. The number of fused-ring (bicyclic) bond motifs is 1. The molecule has 1 N–H and O–H groups in total. The van der Waals surface area contributed by atoms with E-state index in [1.807, 2.05) is 28.0 Å².